The summed E-state index contributed by atoms with van der Waals surface area (Å²) in [6.45, 7) is 2.13. The fraction of sp³-hybridized carbons (Fsp3) is 0.250. The quantitative estimate of drug-likeness (QED) is 0.836. The molecule has 1 N–H and O–H groups in total. The zero-order valence-electron chi connectivity index (χ0n) is 10.7. The summed E-state index contributed by atoms with van der Waals surface area (Å²) in [5, 5.41) is 10.9. The van der Waals surface area contributed by atoms with Gasteiger partial charge in [0.25, 0.3) is 0 Å². The highest BCUT2D eigenvalue weighted by Gasteiger charge is 2.10. The Bertz CT molecular complexity index is 551. The molecule has 3 heteroatoms. The Morgan fingerprint density at radius 2 is 1.74 bits per heavy atom. The lowest BCUT2D eigenvalue weighted by atomic mass is 10.0. The van der Waals surface area contributed by atoms with E-state index >= 15 is 0 Å². The maximum absolute atomic E-state index is 10.3. The molecule has 0 aliphatic carbocycles. The van der Waals surface area contributed by atoms with Crippen LogP contribution >= 0.6 is 27.5 Å². The molecule has 0 saturated heterocycles. The van der Waals surface area contributed by atoms with Gasteiger partial charge in [-0.1, -0.05) is 48.9 Å². The third kappa shape index (κ3) is 3.82. The molecule has 1 atom stereocenters. The molecule has 100 valence electrons. The lowest BCUT2D eigenvalue weighted by Gasteiger charge is -2.12. The van der Waals surface area contributed by atoms with E-state index in [-0.39, 0.29) is 0 Å². The average molecular weight is 340 g/mol. The molecule has 0 radical (unpaired) electrons. The highest BCUT2D eigenvalue weighted by molar-refractivity contribution is 9.10. The predicted molar refractivity (Wildman–Crippen MR) is 83.6 cm³/mol. The molecule has 0 amide bonds. The summed E-state index contributed by atoms with van der Waals surface area (Å²) in [6.07, 6.45) is 1.13. The molecule has 0 aliphatic rings. The molecule has 0 aromatic heterocycles. The van der Waals surface area contributed by atoms with Crippen molar-refractivity contribution in [2.45, 2.75) is 25.9 Å². The molecule has 2 aromatic rings. The van der Waals surface area contributed by atoms with Crippen LogP contribution in [0.15, 0.2) is 46.9 Å². The van der Waals surface area contributed by atoms with E-state index in [1.54, 1.807) is 6.07 Å². The lowest BCUT2D eigenvalue weighted by Crippen LogP contribution is -2.02. The Kier molecular flexibility index (Phi) is 5.03. The molecule has 0 aliphatic heterocycles. The molecule has 0 fully saturated rings. The second kappa shape index (κ2) is 6.56. The van der Waals surface area contributed by atoms with E-state index in [9.17, 15) is 5.11 Å². The van der Waals surface area contributed by atoms with Crippen molar-refractivity contribution in [3.8, 4) is 0 Å². The molecule has 0 bridgehead atoms. The molecular formula is C16H16BrClO. The van der Waals surface area contributed by atoms with Crippen LogP contribution in [-0.2, 0) is 12.8 Å². The van der Waals surface area contributed by atoms with Crippen LogP contribution in [0.5, 0.6) is 0 Å². The van der Waals surface area contributed by atoms with Gasteiger partial charge in [0, 0.05) is 10.9 Å². The summed E-state index contributed by atoms with van der Waals surface area (Å²) in [6, 6.07) is 13.9. The summed E-state index contributed by atoms with van der Waals surface area (Å²) in [7, 11) is 0. The van der Waals surface area contributed by atoms with Crippen molar-refractivity contribution in [3.63, 3.8) is 0 Å². The molecular weight excluding hydrogens is 324 g/mol. The van der Waals surface area contributed by atoms with Crippen LogP contribution < -0.4 is 0 Å². The van der Waals surface area contributed by atoms with Gasteiger partial charge in [0.05, 0.1) is 11.1 Å². The first-order valence-corrected chi connectivity index (χ1v) is 7.48. The zero-order chi connectivity index (χ0) is 13.8. The lowest BCUT2D eigenvalue weighted by molar-refractivity contribution is 0.178. The van der Waals surface area contributed by atoms with Gasteiger partial charge < -0.3 is 5.11 Å². The van der Waals surface area contributed by atoms with Crippen molar-refractivity contribution < 1.29 is 5.11 Å². The fourth-order valence-electron chi connectivity index (χ4n) is 1.97. The largest absolute Gasteiger partial charge is 0.388 e. The Balaban J connectivity index is 2.10. The van der Waals surface area contributed by atoms with E-state index in [0.29, 0.717) is 11.4 Å². The fourth-order valence-corrected chi connectivity index (χ4v) is 2.49. The number of rotatable bonds is 4. The molecule has 19 heavy (non-hydrogen) atoms. The van der Waals surface area contributed by atoms with Crippen LogP contribution in [0.25, 0.3) is 0 Å². The topological polar surface area (TPSA) is 20.2 Å². The van der Waals surface area contributed by atoms with E-state index in [0.717, 1.165) is 22.0 Å². The van der Waals surface area contributed by atoms with E-state index in [1.165, 1.54) is 5.56 Å². The summed E-state index contributed by atoms with van der Waals surface area (Å²) in [5.41, 5.74) is 3.32. The van der Waals surface area contributed by atoms with Crippen LogP contribution in [-0.4, -0.2) is 5.11 Å². The number of aryl methyl sites for hydroxylation is 1. The number of halogens is 2. The van der Waals surface area contributed by atoms with Gasteiger partial charge in [0.2, 0.25) is 0 Å². The molecule has 0 heterocycles. The number of aliphatic hydroxyl groups is 1. The van der Waals surface area contributed by atoms with Gasteiger partial charge in [-0.15, -0.1) is 0 Å². The smallest absolute Gasteiger partial charge is 0.0830 e. The van der Waals surface area contributed by atoms with Crippen molar-refractivity contribution in [1.82, 2.24) is 0 Å². The van der Waals surface area contributed by atoms with Crippen molar-refractivity contribution in [1.29, 1.82) is 0 Å². The molecule has 0 spiro atoms. The summed E-state index contributed by atoms with van der Waals surface area (Å²) in [5.74, 6) is 0. The molecule has 2 rings (SSSR count). The SMILES string of the molecule is CCc1ccc(CC(O)c2ccc(Cl)c(Br)c2)cc1. The normalized spacial score (nSPS) is 12.4. The first-order valence-electron chi connectivity index (χ1n) is 6.31. The third-order valence-electron chi connectivity index (χ3n) is 3.19. The van der Waals surface area contributed by atoms with E-state index < -0.39 is 6.10 Å². The van der Waals surface area contributed by atoms with Gasteiger partial charge in [-0.3, -0.25) is 0 Å². The second-order valence-electron chi connectivity index (χ2n) is 4.56. The maximum atomic E-state index is 10.3. The molecule has 1 unspecified atom stereocenters. The highest BCUT2D eigenvalue weighted by Crippen LogP contribution is 2.27. The Hall–Kier alpha value is -0.830. The Morgan fingerprint density at radius 3 is 2.32 bits per heavy atom. The van der Waals surface area contributed by atoms with Crippen molar-refractivity contribution in [3.05, 3.63) is 68.7 Å². The minimum absolute atomic E-state index is 0.513. The average Bonchev–Trinajstić information content (AvgIpc) is 2.42. The number of aliphatic hydroxyl groups excluding tert-OH is 1. The van der Waals surface area contributed by atoms with Gasteiger partial charge in [-0.2, -0.15) is 0 Å². The minimum atomic E-state index is -0.513. The number of benzene rings is 2. The number of hydrogen-bond donors (Lipinski definition) is 1. The van der Waals surface area contributed by atoms with Gasteiger partial charge >= 0.3 is 0 Å². The van der Waals surface area contributed by atoms with E-state index in [2.05, 4.69) is 47.1 Å². The van der Waals surface area contributed by atoms with Crippen LogP contribution in [0, 0.1) is 0 Å². The first-order chi connectivity index (χ1) is 9.10. The minimum Gasteiger partial charge on any atom is -0.388 e. The Labute approximate surface area is 127 Å². The summed E-state index contributed by atoms with van der Waals surface area (Å²) >= 11 is 9.33. The van der Waals surface area contributed by atoms with E-state index in [4.69, 9.17) is 11.6 Å². The van der Waals surface area contributed by atoms with Crippen LogP contribution in [0.1, 0.15) is 29.7 Å². The highest BCUT2D eigenvalue weighted by atomic mass is 79.9. The number of hydrogen-bond acceptors (Lipinski definition) is 1. The zero-order valence-corrected chi connectivity index (χ0v) is 13.1. The van der Waals surface area contributed by atoms with Gasteiger partial charge in [-0.05, 0) is 51.2 Å². The van der Waals surface area contributed by atoms with Crippen LogP contribution in [0.3, 0.4) is 0 Å². The molecule has 1 nitrogen and oxygen atoms in total. The van der Waals surface area contributed by atoms with E-state index in [1.807, 2.05) is 12.1 Å². The van der Waals surface area contributed by atoms with Crippen molar-refractivity contribution >= 4 is 27.5 Å². The van der Waals surface area contributed by atoms with Crippen LogP contribution in [0.4, 0.5) is 0 Å². The third-order valence-corrected chi connectivity index (χ3v) is 4.40. The summed E-state index contributed by atoms with van der Waals surface area (Å²) in [4.78, 5) is 0. The predicted octanol–water partition coefficient (Wildman–Crippen LogP) is 4.94. The maximum Gasteiger partial charge on any atom is 0.0830 e. The second-order valence-corrected chi connectivity index (χ2v) is 5.83. The first kappa shape index (κ1) is 14.6. The Morgan fingerprint density at radius 1 is 1.11 bits per heavy atom. The van der Waals surface area contributed by atoms with Crippen LogP contribution in [0.2, 0.25) is 5.02 Å². The van der Waals surface area contributed by atoms with Gasteiger partial charge in [-0.25, -0.2) is 0 Å². The molecule has 2 aromatic carbocycles. The standard InChI is InChI=1S/C16H16BrClO/c1-2-11-3-5-12(6-4-11)9-16(19)13-7-8-15(18)14(17)10-13/h3-8,10,16,19H,2,9H2,1H3. The van der Waals surface area contributed by atoms with Gasteiger partial charge in [0.1, 0.15) is 0 Å². The monoisotopic (exact) mass is 338 g/mol. The van der Waals surface area contributed by atoms with Gasteiger partial charge in [0.15, 0.2) is 0 Å². The summed E-state index contributed by atoms with van der Waals surface area (Å²) < 4.78 is 0.812. The van der Waals surface area contributed by atoms with Crippen molar-refractivity contribution in [2.75, 3.05) is 0 Å². The van der Waals surface area contributed by atoms with Crippen molar-refractivity contribution in [2.24, 2.45) is 0 Å². The molecule has 0 saturated carbocycles.